The number of aliphatic hydroxyl groups is 1. The first-order chi connectivity index (χ1) is 15.3. The van der Waals surface area contributed by atoms with Crippen molar-refractivity contribution in [3.8, 4) is 5.75 Å². The maximum Gasteiger partial charge on any atom is 0.295 e. The van der Waals surface area contributed by atoms with Crippen molar-refractivity contribution in [1.29, 1.82) is 0 Å². The molecule has 170 valence electrons. The molecule has 0 saturated carbocycles. The van der Waals surface area contributed by atoms with E-state index in [-0.39, 0.29) is 17.9 Å². The second-order valence-electron chi connectivity index (χ2n) is 7.42. The average Bonchev–Trinajstić information content (AvgIpc) is 3.05. The van der Waals surface area contributed by atoms with E-state index in [1.165, 1.54) is 42.3 Å². The minimum Gasteiger partial charge on any atom is -0.507 e. The molecule has 1 fully saturated rings. The van der Waals surface area contributed by atoms with Crippen LogP contribution in [0.25, 0.3) is 5.76 Å². The summed E-state index contributed by atoms with van der Waals surface area (Å²) in [6, 6.07) is 9.33. The number of hydrogen-bond donors (Lipinski definition) is 1. The van der Waals surface area contributed by atoms with Crippen LogP contribution in [-0.2, 0) is 9.59 Å². The number of nitrogens with zero attached hydrogens (tertiary/aromatic N) is 2. The number of likely N-dealkylation sites (tertiary alicyclic amines) is 1. The number of carbonyl (C=O) groups is 2. The fourth-order valence-electron chi connectivity index (χ4n) is 3.85. The van der Waals surface area contributed by atoms with Crippen molar-refractivity contribution in [2.75, 3.05) is 33.3 Å². The normalized spacial score (nSPS) is 17.9. The van der Waals surface area contributed by atoms with E-state index in [1.807, 2.05) is 13.8 Å². The van der Waals surface area contributed by atoms with Gasteiger partial charge in [0.2, 0.25) is 0 Å². The van der Waals surface area contributed by atoms with E-state index in [0.717, 1.165) is 13.1 Å². The molecule has 0 aliphatic carbocycles. The summed E-state index contributed by atoms with van der Waals surface area (Å²) >= 11 is 6.08. The Morgan fingerprint density at radius 2 is 1.81 bits per heavy atom. The lowest BCUT2D eigenvalue weighted by atomic mass is 9.95. The van der Waals surface area contributed by atoms with Gasteiger partial charge >= 0.3 is 0 Å². The fraction of sp³-hybridized carbons (Fsp3) is 0.333. The molecular formula is C24H26ClFN2O4. The highest BCUT2D eigenvalue weighted by molar-refractivity contribution is 6.46. The molecule has 2 aromatic carbocycles. The van der Waals surface area contributed by atoms with Gasteiger partial charge in [0.05, 0.1) is 23.7 Å². The number of rotatable bonds is 8. The van der Waals surface area contributed by atoms with E-state index in [4.69, 9.17) is 16.3 Å². The Balaban J connectivity index is 2.11. The van der Waals surface area contributed by atoms with Crippen molar-refractivity contribution in [3.63, 3.8) is 0 Å². The number of methoxy groups -OCH3 is 1. The molecular weight excluding hydrogens is 435 g/mol. The predicted octanol–water partition coefficient (Wildman–Crippen LogP) is 4.25. The van der Waals surface area contributed by atoms with Crippen LogP contribution in [0, 0.1) is 5.82 Å². The molecule has 1 saturated heterocycles. The molecule has 8 heteroatoms. The third-order valence-electron chi connectivity index (χ3n) is 5.70. The number of amides is 1. The lowest BCUT2D eigenvalue weighted by Gasteiger charge is -2.28. The zero-order valence-corrected chi connectivity index (χ0v) is 19.0. The summed E-state index contributed by atoms with van der Waals surface area (Å²) in [5.74, 6) is -1.93. The van der Waals surface area contributed by atoms with E-state index in [1.54, 1.807) is 12.1 Å². The number of Topliss-reactive ketones (excluding diaryl/α,β-unsaturated/α-hetero) is 1. The fourth-order valence-corrected chi connectivity index (χ4v) is 4.05. The average molecular weight is 461 g/mol. The van der Waals surface area contributed by atoms with Crippen LogP contribution in [0.15, 0.2) is 48.0 Å². The largest absolute Gasteiger partial charge is 0.507 e. The summed E-state index contributed by atoms with van der Waals surface area (Å²) in [6.07, 6.45) is 0. The van der Waals surface area contributed by atoms with Crippen LogP contribution in [-0.4, -0.2) is 59.9 Å². The number of likely N-dealkylation sites (N-methyl/N-ethyl adjacent to an activating group) is 1. The predicted molar refractivity (Wildman–Crippen MR) is 121 cm³/mol. The summed E-state index contributed by atoms with van der Waals surface area (Å²) in [6.45, 7) is 6.48. The van der Waals surface area contributed by atoms with Crippen LogP contribution in [0.2, 0.25) is 5.02 Å². The Kier molecular flexibility index (Phi) is 7.53. The third-order valence-corrected chi connectivity index (χ3v) is 6.01. The van der Waals surface area contributed by atoms with Crippen LogP contribution < -0.4 is 4.74 Å². The van der Waals surface area contributed by atoms with Crippen molar-refractivity contribution in [3.05, 3.63) is 70.0 Å². The standard InChI is InChI=1S/C24H26ClFN2O4/c1-4-27(5-2)12-13-28-21(15-6-9-17(26)10-7-15)20(23(30)24(28)31)22(29)16-8-11-18(25)19(14-16)32-3/h6-11,14,21,29H,4-5,12-13H2,1-3H3/b22-20-. The molecule has 1 amide bonds. The van der Waals surface area contributed by atoms with Gasteiger partial charge in [-0.15, -0.1) is 0 Å². The van der Waals surface area contributed by atoms with Gasteiger partial charge in [-0.2, -0.15) is 0 Å². The van der Waals surface area contributed by atoms with Crippen molar-refractivity contribution in [1.82, 2.24) is 9.80 Å². The third kappa shape index (κ3) is 4.64. The van der Waals surface area contributed by atoms with Crippen LogP contribution >= 0.6 is 11.6 Å². The van der Waals surface area contributed by atoms with E-state index < -0.39 is 23.5 Å². The van der Waals surface area contributed by atoms with Crippen LogP contribution in [0.4, 0.5) is 4.39 Å². The van der Waals surface area contributed by atoms with Gasteiger partial charge in [-0.3, -0.25) is 9.59 Å². The Morgan fingerprint density at radius 1 is 1.16 bits per heavy atom. The van der Waals surface area contributed by atoms with Crippen molar-refractivity contribution >= 4 is 29.1 Å². The van der Waals surface area contributed by atoms with E-state index >= 15 is 0 Å². The number of halogens is 2. The molecule has 2 aromatic rings. The van der Waals surface area contributed by atoms with E-state index in [9.17, 15) is 19.1 Å². The van der Waals surface area contributed by atoms with Gasteiger partial charge in [-0.25, -0.2) is 4.39 Å². The van der Waals surface area contributed by atoms with E-state index in [0.29, 0.717) is 28.4 Å². The summed E-state index contributed by atoms with van der Waals surface area (Å²) in [4.78, 5) is 29.6. The first-order valence-corrected chi connectivity index (χ1v) is 10.8. The summed E-state index contributed by atoms with van der Waals surface area (Å²) in [5, 5.41) is 11.4. The molecule has 1 atom stereocenters. The molecule has 3 rings (SSSR count). The molecule has 1 aliphatic rings. The SMILES string of the molecule is CCN(CC)CCN1C(=O)C(=O)/C(=C(\O)c2ccc(Cl)c(OC)c2)C1c1ccc(F)cc1. The lowest BCUT2D eigenvalue weighted by Crippen LogP contribution is -2.38. The topological polar surface area (TPSA) is 70.1 Å². The van der Waals surface area contributed by atoms with Gasteiger partial charge in [0, 0.05) is 18.7 Å². The van der Waals surface area contributed by atoms with Gasteiger partial charge in [0.15, 0.2) is 0 Å². The molecule has 1 heterocycles. The lowest BCUT2D eigenvalue weighted by molar-refractivity contribution is -0.140. The Hall–Kier alpha value is -2.90. The van der Waals surface area contributed by atoms with Crippen LogP contribution in [0.3, 0.4) is 0 Å². The molecule has 32 heavy (non-hydrogen) atoms. The highest BCUT2D eigenvalue weighted by Gasteiger charge is 2.46. The molecule has 6 nitrogen and oxygen atoms in total. The highest BCUT2D eigenvalue weighted by Crippen LogP contribution is 2.40. The number of carbonyl (C=O) groups excluding carboxylic acids is 2. The van der Waals surface area contributed by atoms with Crippen molar-refractivity contribution in [2.45, 2.75) is 19.9 Å². The number of ketones is 1. The molecule has 1 N–H and O–H groups in total. The molecule has 1 unspecified atom stereocenters. The number of ether oxygens (including phenoxy) is 1. The van der Waals surface area contributed by atoms with Gasteiger partial charge < -0.3 is 19.6 Å². The van der Waals surface area contributed by atoms with Crippen LogP contribution in [0.5, 0.6) is 5.75 Å². The Bertz CT molecular complexity index is 1030. The second-order valence-corrected chi connectivity index (χ2v) is 7.83. The number of benzene rings is 2. The van der Waals surface area contributed by atoms with Crippen molar-refractivity contribution < 1.29 is 23.8 Å². The molecule has 0 spiro atoms. The maximum absolute atomic E-state index is 13.6. The minimum absolute atomic E-state index is 0.0504. The smallest absolute Gasteiger partial charge is 0.295 e. The van der Waals surface area contributed by atoms with Gasteiger partial charge in [-0.05, 0) is 49.0 Å². The monoisotopic (exact) mass is 460 g/mol. The summed E-state index contributed by atoms with van der Waals surface area (Å²) in [7, 11) is 1.44. The molecule has 0 aromatic heterocycles. The molecule has 0 bridgehead atoms. The van der Waals surface area contributed by atoms with Gasteiger partial charge in [0.25, 0.3) is 11.7 Å². The first-order valence-electron chi connectivity index (χ1n) is 10.4. The van der Waals surface area contributed by atoms with Crippen LogP contribution in [0.1, 0.15) is 31.0 Å². The number of aliphatic hydroxyl groups excluding tert-OH is 1. The molecule has 0 radical (unpaired) electrons. The highest BCUT2D eigenvalue weighted by atomic mass is 35.5. The molecule has 1 aliphatic heterocycles. The second kappa shape index (κ2) is 10.1. The van der Waals surface area contributed by atoms with Gasteiger partial charge in [-0.1, -0.05) is 37.6 Å². The summed E-state index contributed by atoms with van der Waals surface area (Å²) in [5.41, 5.74) is 0.776. The van der Waals surface area contributed by atoms with Crippen molar-refractivity contribution in [2.24, 2.45) is 0 Å². The zero-order valence-electron chi connectivity index (χ0n) is 18.3. The minimum atomic E-state index is -0.840. The van der Waals surface area contributed by atoms with Gasteiger partial charge in [0.1, 0.15) is 17.3 Å². The Labute approximate surface area is 191 Å². The quantitative estimate of drug-likeness (QED) is 0.362. The number of hydrogen-bond acceptors (Lipinski definition) is 5. The summed E-state index contributed by atoms with van der Waals surface area (Å²) < 4.78 is 18.8. The van der Waals surface area contributed by atoms with E-state index in [2.05, 4.69) is 4.90 Å². The Morgan fingerprint density at radius 3 is 2.41 bits per heavy atom. The maximum atomic E-state index is 13.6. The first kappa shape index (κ1) is 23.8. The zero-order chi connectivity index (χ0) is 23.4.